The Morgan fingerprint density at radius 3 is 2.48 bits per heavy atom. The van der Waals surface area contributed by atoms with Gasteiger partial charge < -0.3 is 10.1 Å². The number of aromatic nitrogens is 1. The molecule has 0 amide bonds. The Kier molecular flexibility index (Phi) is 3.73. The number of hydrogen-bond acceptors (Lipinski definition) is 3. The van der Waals surface area contributed by atoms with Crippen LogP contribution in [0.5, 0.6) is 11.5 Å². The number of rotatable bonds is 4. The van der Waals surface area contributed by atoms with Crippen LogP contribution in [0.3, 0.4) is 0 Å². The molecule has 3 nitrogen and oxygen atoms in total. The summed E-state index contributed by atoms with van der Waals surface area (Å²) in [6.45, 7) is 4.99. The van der Waals surface area contributed by atoms with E-state index in [1.807, 2.05) is 48.5 Å². The number of ether oxygens (including phenoxy) is 1. The van der Waals surface area contributed by atoms with Crippen LogP contribution in [0.15, 0.2) is 54.6 Å². The third-order valence-corrected chi connectivity index (χ3v) is 3.28. The predicted molar refractivity (Wildman–Crippen MR) is 87.2 cm³/mol. The molecule has 0 atom stereocenters. The van der Waals surface area contributed by atoms with Gasteiger partial charge in [-0.1, -0.05) is 17.7 Å². The Hall–Kier alpha value is -2.55. The molecule has 0 aliphatic heterocycles. The second kappa shape index (κ2) is 5.83. The highest BCUT2D eigenvalue weighted by Gasteiger charge is 2.02. The van der Waals surface area contributed by atoms with Gasteiger partial charge in [0, 0.05) is 11.9 Å². The molecule has 0 spiro atoms. The minimum absolute atomic E-state index is 0.823. The number of benzene rings is 2. The largest absolute Gasteiger partial charge is 0.457 e. The van der Waals surface area contributed by atoms with E-state index in [0.717, 1.165) is 34.8 Å². The molecule has 0 radical (unpaired) electrons. The molecule has 21 heavy (non-hydrogen) atoms. The number of nitrogens with one attached hydrogen (secondary N) is 1. The van der Waals surface area contributed by atoms with Crippen molar-refractivity contribution in [1.82, 2.24) is 4.98 Å². The van der Waals surface area contributed by atoms with Crippen LogP contribution < -0.4 is 10.1 Å². The van der Waals surface area contributed by atoms with Crippen molar-refractivity contribution in [3.8, 4) is 11.5 Å². The van der Waals surface area contributed by atoms with Crippen LogP contribution in [-0.4, -0.2) is 11.5 Å². The summed E-state index contributed by atoms with van der Waals surface area (Å²) in [6.07, 6.45) is 0. The summed E-state index contributed by atoms with van der Waals surface area (Å²) in [5, 5.41) is 4.29. The van der Waals surface area contributed by atoms with Crippen LogP contribution in [0.25, 0.3) is 10.9 Å². The Labute approximate surface area is 124 Å². The first-order valence-electron chi connectivity index (χ1n) is 7.14. The second-order valence-corrected chi connectivity index (χ2v) is 5.00. The summed E-state index contributed by atoms with van der Waals surface area (Å²) in [4.78, 5) is 4.56. The highest BCUT2D eigenvalue weighted by Crippen LogP contribution is 2.26. The highest BCUT2D eigenvalue weighted by atomic mass is 16.5. The van der Waals surface area contributed by atoms with Gasteiger partial charge in [-0.2, -0.15) is 0 Å². The third kappa shape index (κ3) is 3.14. The van der Waals surface area contributed by atoms with Gasteiger partial charge in [-0.3, -0.25) is 0 Å². The fourth-order valence-electron chi connectivity index (χ4n) is 2.19. The van der Waals surface area contributed by atoms with Crippen molar-refractivity contribution in [3.05, 3.63) is 60.2 Å². The summed E-state index contributed by atoms with van der Waals surface area (Å²) in [6, 6.07) is 18.0. The third-order valence-electron chi connectivity index (χ3n) is 3.28. The lowest BCUT2D eigenvalue weighted by Gasteiger charge is -2.08. The molecule has 1 N–H and O–H groups in total. The molecule has 0 aliphatic rings. The summed E-state index contributed by atoms with van der Waals surface area (Å²) in [7, 11) is 0. The van der Waals surface area contributed by atoms with Crippen molar-refractivity contribution in [3.63, 3.8) is 0 Å². The van der Waals surface area contributed by atoms with E-state index >= 15 is 0 Å². The number of hydrogen-bond donors (Lipinski definition) is 1. The monoisotopic (exact) mass is 278 g/mol. The minimum atomic E-state index is 0.823. The molecule has 0 unspecified atom stereocenters. The molecule has 0 saturated carbocycles. The summed E-state index contributed by atoms with van der Waals surface area (Å²) < 4.78 is 5.88. The number of pyridine rings is 1. The summed E-state index contributed by atoms with van der Waals surface area (Å²) in [5.41, 5.74) is 2.19. The lowest BCUT2D eigenvalue weighted by Crippen LogP contribution is -1.98. The topological polar surface area (TPSA) is 34.1 Å². The van der Waals surface area contributed by atoms with Gasteiger partial charge in [0.1, 0.15) is 17.3 Å². The number of nitrogens with zero attached hydrogens (tertiary/aromatic N) is 1. The SMILES string of the molecule is CCNc1ccc2cc(Oc3ccc(C)cc3)ccc2n1. The van der Waals surface area contributed by atoms with Crippen LogP contribution in [-0.2, 0) is 0 Å². The molecule has 3 heteroatoms. The standard InChI is InChI=1S/C18H18N2O/c1-3-19-18-11-6-14-12-16(9-10-17(14)20-18)21-15-7-4-13(2)5-8-15/h4-12H,3H2,1-2H3,(H,19,20). The molecule has 0 saturated heterocycles. The van der Waals surface area contributed by atoms with Crippen LogP contribution in [0, 0.1) is 6.92 Å². The Morgan fingerprint density at radius 2 is 1.71 bits per heavy atom. The number of anilines is 1. The maximum absolute atomic E-state index is 5.88. The molecular weight excluding hydrogens is 260 g/mol. The van der Waals surface area contributed by atoms with Crippen molar-refractivity contribution in [1.29, 1.82) is 0 Å². The van der Waals surface area contributed by atoms with Crippen molar-refractivity contribution >= 4 is 16.7 Å². The maximum Gasteiger partial charge on any atom is 0.128 e. The van der Waals surface area contributed by atoms with E-state index in [0.29, 0.717) is 0 Å². The zero-order valence-electron chi connectivity index (χ0n) is 12.3. The highest BCUT2D eigenvalue weighted by molar-refractivity contribution is 5.81. The zero-order valence-corrected chi connectivity index (χ0v) is 12.3. The van der Waals surface area contributed by atoms with Crippen LogP contribution >= 0.6 is 0 Å². The molecule has 1 aromatic heterocycles. The predicted octanol–water partition coefficient (Wildman–Crippen LogP) is 4.77. The molecule has 0 fully saturated rings. The number of aryl methyl sites for hydroxylation is 1. The second-order valence-electron chi connectivity index (χ2n) is 5.00. The van der Waals surface area contributed by atoms with Gasteiger partial charge in [-0.05, 0) is 56.3 Å². The van der Waals surface area contributed by atoms with Crippen molar-refractivity contribution in [2.24, 2.45) is 0 Å². The van der Waals surface area contributed by atoms with Gasteiger partial charge >= 0.3 is 0 Å². The Bertz CT molecular complexity index is 751. The fraction of sp³-hybridized carbons (Fsp3) is 0.167. The van der Waals surface area contributed by atoms with Gasteiger partial charge in [-0.15, -0.1) is 0 Å². The van der Waals surface area contributed by atoms with E-state index in [1.54, 1.807) is 0 Å². The van der Waals surface area contributed by atoms with Crippen molar-refractivity contribution < 1.29 is 4.74 Å². The van der Waals surface area contributed by atoms with Crippen molar-refractivity contribution in [2.45, 2.75) is 13.8 Å². The summed E-state index contributed by atoms with van der Waals surface area (Å²) >= 11 is 0. The van der Waals surface area contributed by atoms with Gasteiger partial charge in [0.25, 0.3) is 0 Å². The fourth-order valence-corrected chi connectivity index (χ4v) is 2.19. The molecule has 2 aromatic carbocycles. The van der Waals surface area contributed by atoms with Crippen LogP contribution in [0.4, 0.5) is 5.82 Å². The first kappa shape index (κ1) is 13.4. The van der Waals surface area contributed by atoms with Gasteiger partial charge in [0.05, 0.1) is 5.52 Å². The summed E-state index contributed by atoms with van der Waals surface area (Å²) in [5.74, 6) is 2.57. The van der Waals surface area contributed by atoms with Gasteiger partial charge in [-0.25, -0.2) is 4.98 Å². The Balaban J connectivity index is 1.87. The van der Waals surface area contributed by atoms with E-state index in [-0.39, 0.29) is 0 Å². The molecule has 3 rings (SSSR count). The quantitative estimate of drug-likeness (QED) is 0.746. The lowest BCUT2D eigenvalue weighted by molar-refractivity contribution is 0.483. The average molecular weight is 278 g/mol. The first-order valence-corrected chi connectivity index (χ1v) is 7.14. The normalized spacial score (nSPS) is 10.6. The molecule has 3 aromatic rings. The smallest absolute Gasteiger partial charge is 0.128 e. The minimum Gasteiger partial charge on any atom is -0.457 e. The first-order chi connectivity index (χ1) is 10.2. The molecule has 1 heterocycles. The maximum atomic E-state index is 5.88. The zero-order chi connectivity index (χ0) is 14.7. The van der Waals surface area contributed by atoms with Crippen molar-refractivity contribution in [2.75, 3.05) is 11.9 Å². The van der Waals surface area contributed by atoms with E-state index in [1.165, 1.54) is 5.56 Å². The van der Waals surface area contributed by atoms with E-state index in [2.05, 4.69) is 30.2 Å². The van der Waals surface area contributed by atoms with E-state index < -0.39 is 0 Å². The van der Waals surface area contributed by atoms with Gasteiger partial charge in [0.15, 0.2) is 0 Å². The van der Waals surface area contributed by atoms with E-state index in [4.69, 9.17) is 4.74 Å². The molecule has 106 valence electrons. The van der Waals surface area contributed by atoms with E-state index in [9.17, 15) is 0 Å². The van der Waals surface area contributed by atoms with Gasteiger partial charge in [0.2, 0.25) is 0 Å². The number of fused-ring (bicyclic) bond motifs is 1. The molecule has 0 aliphatic carbocycles. The van der Waals surface area contributed by atoms with Crippen LogP contribution in [0.1, 0.15) is 12.5 Å². The average Bonchev–Trinajstić information content (AvgIpc) is 2.50. The Morgan fingerprint density at radius 1 is 0.952 bits per heavy atom. The lowest BCUT2D eigenvalue weighted by atomic mass is 10.2. The molecular formula is C18H18N2O. The van der Waals surface area contributed by atoms with Crippen LogP contribution in [0.2, 0.25) is 0 Å². The molecule has 0 bridgehead atoms.